The number of benzene rings is 2. The van der Waals surface area contributed by atoms with Gasteiger partial charge in [0.1, 0.15) is 11.5 Å². The van der Waals surface area contributed by atoms with Crippen molar-refractivity contribution in [3.63, 3.8) is 0 Å². The Morgan fingerprint density at radius 3 is 2.10 bits per heavy atom. The maximum Gasteiger partial charge on any atom is 0.127 e. The molecule has 0 unspecified atom stereocenters. The molecule has 1 N–H and O–H groups in total. The minimum Gasteiger partial charge on any atom is -0.457 e. The fourth-order valence-corrected chi connectivity index (χ4v) is 1.90. The molecule has 0 amide bonds. The summed E-state index contributed by atoms with van der Waals surface area (Å²) in [6, 6.07) is 17.0. The van der Waals surface area contributed by atoms with Gasteiger partial charge in [-0.3, -0.25) is 0 Å². The third kappa shape index (κ3) is 3.59. The number of aliphatic hydroxyl groups is 1. The van der Waals surface area contributed by atoms with Crippen LogP contribution in [-0.2, 0) is 6.42 Å². The molecule has 0 saturated heterocycles. The van der Waals surface area contributed by atoms with Crippen molar-refractivity contribution < 1.29 is 9.84 Å². The summed E-state index contributed by atoms with van der Waals surface area (Å²) in [6.45, 7) is 1.94. The van der Waals surface area contributed by atoms with Gasteiger partial charge in [-0.25, -0.2) is 0 Å². The van der Waals surface area contributed by atoms with Crippen molar-refractivity contribution in [2.75, 3.05) is 0 Å². The number of nitriles is 1. The SMILES string of the molecule is CC[C@H](O)c1ccc(Oc2ccc(CC#N)cc2)cc1. The Kier molecular flexibility index (Phi) is 4.75. The molecular weight excluding hydrogens is 250 g/mol. The molecule has 0 heterocycles. The molecule has 0 fully saturated rings. The van der Waals surface area contributed by atoms with Crippen LogP contribution in [0.3, 0.4) is 0 Å². The average molecular weight is 267 g/mol. The molecule has 0 bridgehead atoms. The summed E-state index contributed by atoms with van der Waals surface area (Å²) in [6.07, 6.45) is 0.680. The summed E-state index contributed by atoms with van der Waals surface area (Å²) < 4.78 is 5.72. The molecule has 0 radical (unpaired) electrons. The van der Waals surface area contributed by atoms with Crippen molar-refractivity contribution in [2.24, 2.45) is 0 Å². The fraction of sp³-hybridized carbons (Fsp3) is 0.235. The van der Waals surface area contributed by atoms with Crippen molar-refractivity contribution in [1.82, 2.24) is 0 Å². The third-order valence-corrected chi connectivity index (χ3v) is 3.09. The van der Waals surface area contributed by atoms with Crippen molar-refractivity contribution in [1.29, 1.82) is 5.26 Å². The highest BCUT2D eigenvalue weighted by atomic mass is 16.5. The summed E-state index contributed by atoms with van der Waals surface area (Å²) in [5, 5.41) is 18.3. The Morgan fingerprint density at radius 2 is 1.60 bits per heavy atom. The quantitative estimate of drug-likeness (QED) is 0.891. The monoisotopic (exact) mass is 267 g/mol. The van der Waals surface area contributed by atoms with Crippen molar-refractivity contribution in [3.05, 3.63) is 59.7 Å². The lowest BCUT2D eigenvalue weighted by Gasteiger charge is -2.10. The second-order valence-electron chi connectivity index (χ2n) is 4.57. The van der Waals surface area contributed by atoms with Gasteiger partial charge in [-0.15, -0.1) is 0 Å². The number of nitrogens with zero attached hydrogens (tertiary/aromatic N) is 1. The molecule has 0 aromatic heterocycles. The first kappa shape index (κ1) is 14.1. The summed E-state index contributed by atoms with van der Waals surface area (Å²) in [5.74, 6) is 1.46. The standard InChI is InChI=1S/C17H17NO2/c1-2-17(19)14-5-9-16(10-6-14)20-15-7-3-13(4-8-15)11-12-18/h3-10,17,19H,2,11H2,1H3/t17-/m0/s1. The highest BCUT2D eigenvalue weighted by Gasteiger charge is 2.04. The van der Waals surface area contributed by atoms with Gasteiger partial charge >= 0.3 is 0 Å². The number of ether oxygens (including phenoxy) is 1. The fourth-order valence-electron chi connectivity index (χ4n) is 1.90. The zero-order chi connectivity index (χ0) is 14.4. The Bertz CT molecular complexity index is 582. The van der Waals surface area contributed by atoms with Gasteiger partial charge in [-0.05, 0) is 41.8 Å². The molecule has 1 atom stereocenters. The zero-order valence-electron chi connectivity index (χ0n) is 11.4. The Hall–Kier alpha value is -2.31. The summed E-state index contributed by atoms with van der Waals surface area (Å²) in [5.41, 5.74) is 1.87. The van der Waals surface area contributed by atoms with E-state index in [-0.39, 0.29) is 0 Å². The highest BCUT2D eigenvalue weighted by molar-refractivity contribution is 5.35. The minimum absolute atomic E-state index is 0.407. The lowest BCUT2D eigenvalue weighted by atomic mass is 10.1. The summed E-state index contributed by atoms with van der Waals surface area (Å²) in [4.78, 5) is 0. The van der Waals surface area contributed by atoms with Gasteiger partial charge in [0.25, 0.3) is 0 Å². The van der Waals surface area contributed by atoms with Crippen LogP contribution >= 0.6 is 0 Å². The zero-order valence-corrected chi connectivity index (χ0v) is 11.4. The minimum atomic E-state index is -0.422. The molecule has 3 nitrogen and oxygen atoms in total. The van der Waals surface area contributed by atoms with Crippen LogP contribution in [0.1, 0.15) is 30.6 Å². The summed E-state index contributed by atoms with van der Waals surface area (Å²) in [7, 11) is 0. The van der Waals surface area contributed by atoms with Crippen LogP contribution in [0, 0.1) is 11.3 Å². The van der Waals surface area contributed by atoms with Gasteiger partial charge in [0, 0.05) is 0 Å². The summed E-state index contributed by atoms with van der Waals surface area (Å²) >= 11 is 0. The second kappa shape index (κ2) is 6.74. The smallest absolute Gasteiger partial charge is 0.127 e. The van der Waals surface area contributed by atoms with E-state index >= 15 is 0 Å². The topological polar surface area (TPSA) is 53.2 Å². The molecule has 0 saturated carbocycles. The van der Waals surface area contributed by atoms with E-state index in [1.165, 1.54) is 0 Å². The molecule has 0 spiro atoms. The largest absolute Gasteiger partial charge is 0.457 e. The van der Waals surface area contributed by atoms with Gasteiger partial charge in [0.2, 0.25) is 0 Å². The van der Waals surface area contributed by atoms with Crippen LogP contribution in [0.15, 0.2) is 48.5 Å². The highest BCUT2D eigenvalue weighted by Crippen LogP contribution is 2.24. The number of hydrogen-bond acceptors (Lipinski definition) is 3. The van der Waals surface area contributed by atoms with Gasteiger partial charge in [0.15, 0.2) is 0 Å². The van der Waals surface area contributed by atoms with Crippen LogP contribution in [0.5, 0.6) is 11.5 Å². The Morgan fingerprint density at radius 1 is 1.05 bits per heavy atom. The van der Waals surface area contributed by atoms with E-state index in [4.69, 9.17) is 10.00 Å². The van der Waals surface area contributed by atoms with E-state index in [1.54, 1.807) is 0 Å². The van der Waals surface area contributed by atoms with Crippen LogP contribution in [0.4, 0.5) is 0 Å². The average Bonchev–Trinajstić information content (AvgIpc) is 2.49. The number of hydrogen-bond donors (Lipinski definition) is 1. The third-order valence-electron chi connectivity index (χ3n) is 3.09. The molecule has 2 aromatic carbocycles. The van der Waals surface area contributed by atoms with Crippen molar-refractivity contribution >= 4 is 0 Å². The van der Waals surface area contributed by atoms with Crippen LogP contribution in [0.2, 0.25) is 0 Å². The predicted octanol–water partition coefficient (Wildman–Crippen LogP) is 3.99. The molecule has 2 rings (SSSR count). The van der Waals surface area contributed by atoms with Crippen molar-refractivity contribution in [3.8, 4) is 17.6 Å². The van der Waals surface area contributed by atoms with Crippen LogP contribution in [-0.4, -0.2) is 5.11 Å². The van der Waals surface area contributed by atoms with E-state index in [9.17, 15) is 5.11 Å². The normalized spacial score (nSPS) is 11.7. The van der Waals surface area contributed by atoms with Crippen LogP contribution in [0.25, 0.3) is 0 Å². The van der Waals surface area contributed by atoms with E-state index in [0.717, 1.165) is 22.6 Å². The maximum atomic E-state index is 9.72. The second-order valence-corrected chi connectivity index (χ2v) is 4.57. The predicted molar refractivity (Wildman–Crippen MR) is 77.5 cm³/mol. The molecule has 0 aliphatic heterocycles. The molecule has 2 aromatic rings. The molecule has 0 aliphatic rings. The van der Waals surface area contributed by atoms with E-state index in [0.29, 0.717) is 12.8 Å². The van der Waals surface area contributed by atoms with E-state index in [1.807, 2.05) is 55.5 Å². The van der Waals surface area contributed by atoms with Gasteiger partial charge < -0.3 is 9.84 Å². The van der Waals surface area contributed by atoms with Gasteiger partial charge in [-0.1, -0.05) is 31.2 Å². The molecule has 0 aliphatic carbocycles. The van der Waals surface area contributed by atoms with Crippen LogP contribution < -0.4 is 4.74 Å². The Labute approximate surface area is 119 Å². The molecule has 102 valence electrons. The first-order valence-corrected chi connectivity index (χ1v) is 6.64. The first-order valence-electron chi connectivity index (χ1n) is 6.64. The van der Waals surface area contributed by atoms with Crippen molar-refractivity contribution in [2.45, 2.75) is 25.9 Å². The Balaban J connectivity index is 2.04. The van der Waals surface area contributed by atoms with E-state index in [2.05, 4.69) is 6.07 Å². The lowest BCUT2D eigenvalue weighted by Crippen LogP contribution is -1.94. The van der Waals surface area contributed by atoms with Gasteiger partial charge in [0.05, 0.1) is 18.6 Å². The maximum absolute atomic E-state index is 9.72. The first-order chi connectivity index (χ1) is 9.72. The number of aliphatic hydroxyl groups excluding tert-OH is 1. The molecular formula is C17H17NO2. The molecule has 20 heavy (non-hydrogen) atoms. The lowest BCUT2D eigenvalue weighted by molar-refractivity contribution is 0.173. The van der Waals surface area contributed by atoms with Gasteiger partial charge in [-0.2, -0.15) is 5.26 Å². The molecule has 3 heteroatoms. The number of rotatable bonds is 5. The van der Waals surface area contributed by atoms with E-state index < -0.39 is 6.10 Å².